The minimum atomic E-state index is -0.0419. The standard InChI is InChI=1S/C12H15BrN4/c1-8-11(7-17(2)16-8)12(14)4-9-3-10(13)6-15-5-9/h3,5-7,12H,4,14H2,1-2H3. The first-order valence-corrected chi connectivity index (χ1v) is 6.20. The molecule has 0 aliphatic carbocycles. The second kappa shape index (κ2) is 4.98. The number of aryl methyl sites for hydroxylation is 2. The summed E-state index contributed by atoms with van der Waals surface area (Å²) in [5, 5.41) is 4.30. The summed E-state index contributed by atoms with van der Waals surface area (Å²) in [6, 6.07) is 2.00. The molecule has 1 atom stereocenters. The Morgan fingerprint density at radius 2 is 2.24 bits per heavy atom. The molecule has 2 heterocycles. The molecule has 5 heteroatoms. The maximum Gasteiger partial charge on any atom is 0.0641 e. The van der Waals surface area contributed by atoms with Gasteiger partial charge in [-0.1, -0.05) is 0 Å². The number of halogens is 1. The van der Waals surface area contributed by atoms with E-state index in [1.165, 1.54) is 0 Å². The minimum absolute atomic E-state index is 0.0419. The minimum Gasteiger partial charge on any atom is -0.324 e. The molecule has 2 rings (SSSR count). The zero-order chi connectivity index (χ0) is 12.4. The van der Waals surface area contributed by atoms with Crippen LogP contribution in [0.2, 0.25) is 0 Å². The van der Waals surface area contributed by atoms with Gasteiger partial charge in [-0.3, -0.25) is 9.67 Å². The van der Waals surface area contributed by atoms with Crippen molar-refractivity contribution in [3.05, 3.63) is 46.0 Å². The fourth-order valence-electron chi connectivity index (χ4n) is 1.91. The van der Waals surface area contributed by atoms with Crippen LogP contribution >= 0.6 is 15.9 Å². The summed E-state index contributed by atoms with van der Waals surface area (Å²) in [5.41, 5.74) is 9.39. The number of rotatable bonds is 3. The third-order valence-electron chi connectivity index (χ3n) is 2.67. The summed E-state index contributed by atoms with van der Waals surface area (Å²) in [6.45, 7) is 1.98. The van der Waals surface area contributed by atoms with E-state index < -0.39 is 0 Å². The highest BCUT2D eigenvalue weighted by atomic mass is 79.9. The summed E-state index contributed by atoms with van der Waals surface area (Å²) in [4.78, 5) is 4.14. The van der Waals surface area contributed by atoms with E-state index >= 15 is 0 Å². The molecule has 90 valence electrons. The number of hydrogen-bond acceptors (Lipinski definition) is 3. The quantitative estimate of drug-likeness (QED) is 0.943. The third-order valence-corrected chi connectivity index (χ3v) is 3.10. The van der Waals surface area contributed by atoms with Gasteiger partial charge in [-0.2, -0.15) is 5.10 Å². The van der Waals surface area contributed by atoms with Gasteiger partial charge in [-0.25, -0.2) is 0 Å². The van der Waals surface area contributed by atoms with E-state index in [-0.39, 0.29) is 6.04 Å². The zero-order valence-electron chi connectivity index (χ0n) is 9.89. The van der Waals surface area contributed by atoms with Gasteiger partial charge < -0.3 is 5.73 Å². The van der Waals surface area contributed by atoms with Gasteiger partial charge in [0.25, 0.3) is 0 Å². The summed E-state index contributed by atoms with van der Waals surface area (Å²) < 4.78 is 2.77. The largest absolute Gasteiger partial charge is 0.324 e. The molecule has 0 radical (unpaired) electrons. The number of nitrogens with two attached hydrogens (primary N) is 1. The summed E-state index contributed by atoms with van der Waals surface area (Å²) in [5.74, 6) is 0. The van der Waals surface area contributed by atoms with E-state index in [2.05, 4.69) is 26.0 Å². The smallest absolute Gasteiger partial charge is 0.0641 e. The number of nitrogens with zero attached hydrogens (tertiary/aromatic N) is 3. The van der Waals surface area contributed by atoms with Gasteiger partial charge in [0.1, 0.15) is 0 Å². The summed E-state index contributed by atoms with van der Waals surface area (Å²) in [7, 11) is 1.91. The van der Waals surface area contributed by atoms with Crippen LogP contribution in [0.25, 0.3) is 0 Å². The van der Waals surface area contributed by atoms with Crippen LogP contribution in [0.5, 0.6) is 0 Å². The van der Waals surface area contributed by atoms with Crippen LogP contribution < -0.4 is 5.73 Å². The monoisotopic (exact) mass is 294 g/mol. The van der Waals surface area contributed by atoms with Crippen LogP contribution in [0.1, 0.15) is 22.9 Å². The van der Waals surface area contributed by atoms with Crippen LogP contribution in [-0.4, -0.2) is 14.8 Å². The highest BCUT2D eigenvalue weighted by Gasteiger charge is 2.13. The molecule has 0 aliphatic rings. The van der Waals surface area contributed by atoms with Gasteiger partial charge in [0, 0.05) is 41.7 Å². The predicted octanol–water partition coefficient (Wildman–Crippen LogP) is 2.13. The first kappa shape index (κ1) is 12.3. The first-order valence-electron chi connectivity index (χ1n) is 5.41. The van der Waals surface area contributed by atoms with Crippen molar-refractivity contribution in [1.29, 1.82) is 0 Å². The average Bonchev–Trinajstić information content (AvgIpc) is 2.58. The Labute approximate surface area is 109 Å². The second-order valence-electron chi connectivity index (χ2n) is 4.17. The van der Waals surface area contributed by atoms with E-state index in [0.29, 0.717) is 0 Å². The van der Waals surface area contributed by atoms with Crippen molar-refractivity contribution < 1.29 is 0 Å². The molecule has 2 aromatic rings. The molecule has 0 bridgehead atoms. The zero-order valence-corrected chi connectivity index (χ0v) is 11.5. The van der Waals surface area contributed by atoms with Crippen molar-refractivity contribution >= 4 is 15.9 Å². The van der Waals surface area contributed by atoms with Crippen LogP contribution in [0, 0.1) is 6.92 Å². The molecule has 2 N–H and O–H groups in total. The van der Waals surface area contributed by atoms with Crippen molar-refractivity contribution in [3.8, 4) is 0 Å². The Morgan fingerprint density at radius 3 is 2.82 bits per heavy atom. The molecular weight excluding hydrogens is 280 g/mol. The van der Waals surface area contributed by atoms with Crippen molar-refractivity contribution in [1.82, 2.24) is 14.8 Å². The molecule has 4 nitrogen and oxygen atoms in total. The molecule has 17 heavy (non-hydrogen) atoms. The normalized spacial score (nSPS) is 12.7. The number of aromatic nitrogens is 3. The van der Waals surface area contributed by atoms with Crippen LogP contribution in [0.3, 0.4) is 0 Å². The average molecular weight is 295 g/mol. The van der Waals surface area contributed by atoms with E-state index in [1.54, 1.807) is 10.9 Å². The van der Waals surface area contributed by atoms with Gasteiger partial charge in [0.2, 0.25) is 0 Å². The van der Waals surface area contributed by atoms with Gasteiger partial charge in [-0.15, -0.1) is 0 Å². The van der Waals surface area contributed by atoms with E-state index in [4.69, 9.17) is 5.73 Å². The van der Waals surface area contributed by atoms with Gasteiger partial charge >= 0.3 is 0 Å². The molecular formula is C12H15BrN4. The van der Waals surface area contributed by atoms with Crippen LogP contribution in [0.15, 0.2) is 29.1 Å². The molecule has 1 unspecified atom stereocenters. The van der Waals surface area contributed by atoms with E-state index in [1.807, 2.05) is 32.4 Å². The Morgan fingerprint density at radius 1 is 1.47 bits per heavy atom. The highest BCUT2D eigenvalue weighted by molar-refractivity contribution is 9.10. The predicted molar refractivity (Wildman–Crippen MR) is 70.5 cm³/mol. The lowest BCUT2D eigenvalue weighted by molar-refractivity contribution is 0.712. The summed E-state index contributed by atoms with van der Waals surface area (Å²) in [6.07, 6.45) is 6.35. The lowest BCUT2D eigenvalue weighted by atomic mass is 10.0. The number of hydrogen-bond donors (Lipinski definition) is 1. The Kier molecular flexibility index (Phi) is 3.59. The third kappa shape index (κ3) is 2.92. The van der Waals surface area contributed by atoms with Crippen molar-refractivity contribution in [2.75, 3.05) is 0 Å². The Balaban J connectivity index is 2.16. The second-order valence-corrected chi connectivity index (χ2v) is 5.08. The molecule has 0 fully saturated rings. The SMILES string of the molecule is Cc1nn(C)cc1C(N)Cc1cncc(Br)c1. The lowest BCUT2D eigenvalue weighted by Crippen LogP contribution is -2.14. The topological polar surface area (TPSA) is 56.7 Å². The molecule has 0 spiro atoms. The number of pyridine rings is 1. The molecule has 0 aliphatic heterocycles. The highest BCUT2D eigenvalue weighted by Crippen LogP contribution is 2.19. The van der Waals surface area contributed by atoms with Crippen LogP contribution in [-0.2, 0) is 13.5 Å². The van der Waals surface area contributed by atoms with E-state index in [0.717, 1.165) is 27.7 Å². The van der Waals surface area contributed by atoms with Gasteiger partial charge in [0.05, 0.1) is 5.69 Å². The maximum atomic E-state index is 6.19. The Bertz CT molecular complexity index is 521. The fourth-order valence-corrected chi connectivity index (χ4v) is 2.33. The lowest BCUT2D eigenvalue weighted by Gasteiger charge is -2.10. The molecule has 0 amide bonds. The van der Waals surface area contributed by atoms with Crippen molar-refractivity contribution in [2.24, 2.45) is 12.8 Å². The molecule has 2 aromatic heterocycles. The van der Waals surface area contributed by atoms with Crippen molar-refractivity contribution in [3.63, 3.8) is 0 Å². The van der Waals surface area contributed by atoms with Gasteiger partial charge in [0.15, 0.2) is 0 Å². The maximum absolute atomic E-state index is 6.19. The molecule has 0 saturated carbocycles. The molecule has 0 saturated heterocycles. The van der Waals surface area contributed by atoms with Gasteiger partial charge in [-0.05, 0) is 40.9 Å². The Hall–Kier alpha value is -1.20. The fraction of sp³-hybridized carbons (Fsp3) is 0.333. The van der Waals surface area contributed by atoms with Crippen molar-refractivity contribution in [2.45, 2.75) is 19.4 Å². The molecule has 0 aromatic carbocycles. The van der Waals surface area contributed by atoms with E-state index in [9.17, 15) is 0 Å². The van der Waals surface area contributed by atoms with Crippen LogP contribution in [0.4, 0.5) is 0 Å². The first-order chi connectivity index (χ1) is 8.06. The summed E-state index contributed by atoms with van der Waals surface area (Å²) >= 11 is 3.41.